The number of carboxylic acid groups (broad SMARTS) is 2. The molecule has 0 aliphatic carbocycles. The van der Waals surface area contributed by atoms with E-state index in [9.17, 15) is 9.59 Å². The molecule has 6 heteroatoms. The van der Waals surface area contributed by atoms with Gasteiger partial charge in [0, 0.05) is 12.2 Å². The molecule has 72 valence electrons. The van der Waals surface area contributed by atoms with Gasteiger partial charge in [-0.25, -0.2) is 9.59 Å². The van der Waals surface area contributed by atoms with E-state index in [0.29, 0.717) is 12.2 Å². The Morgan fingerprint density at radius 3 is 1.69 bits per heavy atom. The molecule has 0 bridgehead atoms. The van der Waals surface area contributed by atoms with Crippen LogP contribution in [0.15, 0.2) is 12.2 Å². The van der Waals surface area contributed by atoms with Gasteiger partial charge in [0.1, 0.15) is 0 Å². The predicted octanol–water partition coefficient (Wildman–Crippen LogP) is -0.431. The highest BCUT2D eigenvalue weighted by Gasteiger charge is 1.88. The van der Waals surface area contributed by atoms with Gasteiger partial charge in [-0.15, -0.1) is 0 Å². The Morgan fingerprint density at radius 2 is 1.62 bits per heavy atom. The van der Waals surface area contributed by atoms with Crippen LogP contribution < -0.4 is 5.73 Å². The summed E-state index contributed by atoms with van der Waals surface area (Å²) < 4.78 is 0. The maximum absolute atomic E-state index is 9.55. The van der Waals surface area contributed by atoms with Crippen molar-refractivity contribution in [3.05, 3.63) is 12.2 Å². The lowest BCUT2D eigenvalue weighted by atomic mass is 10.4. The summed E-state index contributed by atoms with van der Waals surface area (Å²) in [6, 6.07) is 1.50. The quantitative estimate of drug-likeness (QED) is 0.502. The van der Waals surface area contributed by atoms with Crippen LogP contribution in [0.2, 0.25) is 0 Å². The smallest absolute Gasteiger partial charge is 0.328 e. The molecule has 0 aromatic rings. The van der Waals surface area contributed by atoms with E-state index in [4.69, 9.17) is 21.2 Å². The van der Waals surface area contributed by atoms with Crippen molar-refractivity contribution in [1.29, 1.82) is 5.26 Å². The molecule has 0 saturated heterocycles. The summed E-state index contributed by atoms with van der Waals surface area (Å²) in [6.45, 7) is 1.64. The first-order chi connectivity index (χ1) is 5.90. The fourth-order valence-corrected chi connectivity index (χ4v) is 0.143. The first-order valence-electron chi connectivity index (χ1n) is 3.19. The zero-order valence-electron chi connectivity index (χ0n) is 6.97. The van der Waals surface area contributed by atoms with Crippen LogP contribution in [-0.2, 0) is 9.59 Å². The van der Waals surface area contributed by atoms with E-state index in [1.54, 1.807) is 13.0 Å². The second-order valence-corrected chi connectivity index (χ2v) is 1.93. The van der Waals surface area contributed by atoms with Crippen molar-refractivity contribution >= 4 is 11.9 Å². The highest BCUT2D eigenvalue weighted by atomic mass is 16.4. The average Bonchev–Trinajstić information content (AvgIpc) is 2.02. The number of hydrogen-bond acceptors (Lipinski definition) is 4. The molecule has 0 aromatic heterocycles. The van der Waals surface area contributed by atoms with E-state index in [0.717, 1.165) is 0 Å². The highest BCUT2D eigenvalue weighted by Crippen LogP contribution is 1.70. The third kappa shape index (κ3) is 25.4. The maximum atomic E-state index is 9.55. The number of nitriles is 1. The number of rotatable bonds is 2. The zero-order valence-corrected chi connectivity index (χ0v) is 6.97. The monoisotopic (exact) mass is 186 g/mol. The van der Waals surface area contributed by atoms with Gasteiger partial charge in [0.25, 0.3) is 0 Å². The van der Waals surface area contributed by atoms with Gasteiger partial charge >= 0.3 is 11.9 Å². The van der Waals surface area contributed by atoms with Crippen molar-refractivity contribution in [1.82, 2.24) is 0 Å². The molecule has 0 heterocycles. The Balaban J connectivity index is 0. The molecular formula is C7H10N2O4. The molecule has 6 nitrogen and oxygen atoms in total. The number of nitrogens with two attached hydrogens (primary N) is 1. The van der Waals surface area contributed by atoms with E-state index in [-0.39, 0.29) is 6.04 Å². The first-order valence-corrected chi connectivity index (χ1v) is 3.19. The fraction of sp³-hybridized carbons (Fsp3) is 0.286. The van der Waals surface area contributed by atoms with Crippen LogP contribution in [0.5, 0.6) is 0 Å². The van der Waals surface area contributed by atoms with E-state index < -0.39 is 11.9 Å². The maximum Gasteiger partial charge on any atom is 0.328 e. The Morgan fingerprint density at radius 1 is 1.38 bits per heavy atom. The topological polar surface area (TPSA) is 124 Å². The lowest BCUT2D eigenvalue weighted by Crippen LogP contribution is -2.09. The molecule has 0 saturated carbocycles. The molecule has 0 aliphatic heterocycles. The number of aliphatic carboxylic acids is 2. The molecule has 0 spiro atoms. The van der Waals surface area contributed by atoms with Crippen LogP contribution in [0.4, 0.5) is 0 Å². The van der Waals surface area contributed by atoms with Crippen molar-refractivity contribution < 1.29 is 19.8 Å². The number of carboxylic acids is 2. The Kier molecular flexibility index (Phi) is 8.67. The van der Waals surface area contributed by atoms with E-state index >= 15 is 0 Å². The van der Waals surface area contributed by atoms with Gasteiger partial charge in [-0.2, -0.15) is 5.26 Å². The van der Waals surface area contributed by atoms with Crippen molar-refractivity contribution in [2.45, 2.75) is 13.0 Å². The van der Waals surface area contributed by atoms with Gasteiger partial charge in [-0.1, -0.05) is 0 Å². The third-order valence-corrected chi connectivity index (χ3v) is 0.572. The summed E-state index contributed by atoms with van der Waals surface area (Å²) in [5.41, 5.74) is 4.93. The summed E-state index contributed by atoms with van der Waals surface area (Å²) in [5.74, 6) is -2.51. The summed E-state index contributed by atoms with van der Waals surface area (Å²) in [6.07, 6.45) is 1.12. The van der Waals surface area contributed by atoms with Gasteiger partial charge in [0.05, 0.1) is 12.1 Å². The van der Waals surface area contributed by atoms with Crippen LogP contribution in [-0.4, -0.2) is 28.2 Å². The molecule has 4 N–H and O–H groups in total. The van der Waals surface area contributed by atoms with Gasteiger partial charge in [0.15, 0.2) is 0 Å². The SMILES string of the molecule is CC(N)C#N.O=C(O)C=CC(=O)O. The minimum absolute atomic E-state index is 0.310. The Labute approximate surface area is 74.9 Å². The van der Waals surface area contributed by atoms with E-state index in [1.807, 2.05) is 0 Å². The molecule has 0 fully saturated rings. The predicted molar refractivity (Wildman–Crippen MR) is 43.7 cm³/mol. The second kappa shape index (κ2) is 8.23. The third-order valence-electron chi connectivity index (χ3n) is 0.572. The van der Waals surface area contributed by atoms with Crippen LogP contribution in [0.1, 0.15) is 6.92 Å². The van der Waals surface area contributed by atoms with Gasteiger partial charge in [-0.05, 0) is 6.92 Å². The van der Waals surface area contributed by atoms with Crippen molar-refractivity contribution in [3.8, 4) is 6.07 Å². The van der Waals surface area contributed by atoms with Gasteiger partial charge in [-0.3, -0.25) is 0 Å². The zero-order chi connectivity index (χ0) is 10.9. The summed E-state index contributed by atoms with van der Waals surface area (Å²) in [7, 11) is 0. The standard InChI is InChI=1S/C4H4O4.C3H6N2/c5-3(6)1-2-4(7)8;1-3(5)2-4/h1-2H,(H,5,6)(H,7,8);3H,5H2,1H3. The normalized spacial score (nSPS) is 10.8. The van der Waals surface area contributed by atoms with Crippen LogP contribution >= 0.6 is 0 Å². The van der Waals surface area contributed by atoms with E-state index in [1.165, 1.54) is 0 Å². The van der Waals surface area contributed by atoms with Crippen LogP contribution in [0, 0.1) is 11.3 Å². The molecule has 0 aliphatic rings. The lowest BCUT2D eigenvalue weighted by Gasteiger charge is -1.78. The minimum atomic E-state index is -1.26. The summed E-state index contributed by atoms with van der Waals surface area (Å²) in [4.78, 5) is 19.1. The Bertz CT molecular complexity index is 223. The largest absolute Gasteiger partial charge is 0.478 e. The van der Waals surface area contributed by atoms with E-state index in [2.05, 4.69) is 0 Å². The van der Waals surface area contributed by atoms with Gasteiger partial charge in [0.2, 0.25) is 0 Å². The Hall–Kier alpha value is -1.87. The van der Waals surface area contributed by atoms with Crippen molar-refractivity contribution in [2.75, 3.05) is 0 Å². The van der Waals surface area contributed by atoms with Crippen molar-refractivity contribution in [3.63, 3.8) is 0 Å². The lowest BCUT2D eigenvalue weighted by molar-refractivity contribution is -0.134. The molecule has 13 heavy (non-hydrogen) atoms. The van der Waals surface area contributed by atoms with Gasteiger partial charge < -0.3 is 15.9 Å². The summed E-state index contributed by atoms with van der Waals surface area (Å²) >= 11 is 0. The number of carbonyl (C=O) groups is 2. The molecule has 1 unspecified atom stereocenters. The molecule has 0 aromatic carbocycles. The molecule has 0 radical (unpaired) electrons. The molecule has 0 rings (SSSR count). The summed E-state index contributed by atoms with van der Waals surface area (Å²) in [5, 5.41) is 23.4. The van der Waals surface area contributed by atoms with Crippen LogP contribution in [0.25, 0.3) is 0 Å². The fourth-order valence-electron chi connectivity index (χ4n) is 0.143. The highest BCUT2D eigenvalue weighted by molar-refractivity contribution is 5.89. The minimum Gasteiger partial charge on any atom is -0.478 e. The van der Waals surface area contributed by atoms with Crippen LogP contribution in [0.3, 0.4) is 0 Å². The molecule has 1 atom stereocenters. The number of nitrogens with zero attached hydrogens (tertiary/aromatic N) is 1. The van der Waals surface area contributed by atoms with Crippen molar-refractivity contribution in [2.24, 2.45) is 5.73 Å². The molecule has 0 amide bonds. The average molecular weight is 186 g/mol. The second-order valence-electron chi connectivity index (χ2n) is 1.93. The number of hydrogen-bond donors (Lipinski definition) is 3. The molecular weight excluding hydrogens is 176 g/mol. The first kappa shape index (κ1) is 13.7.